The van der Waals surface area contributed by atoms with Crippen LogP contribution in [0.25, 0.3) is 0 Å². The van der Waals surface area contributed by atoms with Crippen LogP contribution in [0.1, 0.15) is 26.3 Å². The fourth-order valence-electron chi connectivity index (χ4n) is 1.12. The quantitative estimate of drug-likeness (QED) is 0.717. The zero-order valence-corrected chi connectivity index (χ0v) is 9.92. The molecule has 1 aromatic rings. The van der Waals surface area contributed by atoms with E-state index in [2.05, 4.69) is 54.4 Å². The molecule has 0 aliphatic heterocycles. The van der Waals surface area contributed by atoms with Crippen molar-refractivity contribution in [1.82, 2.24) is 4.98 Å². The smallest absolute Gasteiger partial charge is 0.0404 e. The molecule has 0 unspecified atom stereocenters. The summed E-state index contributed by atoms with van der Waals surface area (Å²) in [5, 5.41) is 0. The molecule has 12 heavy (non-hydrogen) atoms. The third kappa shape index (κ3) is 3.09. The van der Waals surface area contributed by atoms with Gasteiger partial charge in [-0.15, -0.1) is 0 Å². The molecule has 0 spiro atoms. The molecule has 0 saturated carbocycles. The molecule has 0 radical (unpaired) electrons. The van der Waals surface area contributed by atoms with Crippen LogP contribution in [0.3, 0.4) is 0 Å². The van der Waals surface area contributed by atoms with Gasteiger partial charge in [0, 0.05) is 16.0 Å². The lowest BCUT2D eigenvalue weighted by Gasteiger charge is -2.18. The van der Waals surface area contributed by atoms with Gasteiger partial charge in [0.05, 0.1) is 0 Å². The van der Waals surface area contributed by atoms with Gasteiger partial charge in [-0.3, -0.25) is 4.98 Å². The van der Waals surface area contributed by atoms with Gasteiger partial charge in [-0.05, 0) is 46.1 Å². The summed E-state index contributed by atoms with van der Waals surface area (Å²) in [6.07, 6.45) is 4.90. The zero-order chi connectivity index (χ0) is 9.19. The van der Waals surface area contributed by atoms with Gasteiger partial charge in [0.1, 0.15) is 0 Å². The second-order valence-corrected chi connectivity index (χ2v) is 5.37. The summed E-state index contributed by atoms with van der Waals surface area (Å²) in [7, 11) is 0. The number of nitrogens with zero attached hydrogens (tertiary/aromatic N) is 1. The first-order valence-electron chi connectivity index (χ1n) is 4.07. The molecule has 66 valence electrons. The first kappa shape index (κ1) is 9.96. The number of rotatable bonds is 1. The average Bonchev–Trinajstić information content (AvgIpc) is 1.91. The van der Waals surface area contributed by atoms with Crippen molar-refractivity contribution in [2.24, 2.45) is 5.41 Å². The van der Waals surface area contributed by atoms with Gasteiger partial charge in [-0.25, -0.2) is 0 Å². The first-order chi connectivity index (χ1) is 5.49. The number of halogens is 1. The molecule has 1 heterocycles. The summed E-state index contributed by atoms with van der Waals surface area (Å²) in [6, 6.07) is 2.10. The molecule has 1 aromatic heterocycles. The number of hydrogen-bond donors (Lipinski definition) is 0. The Labute approximate surface area is 87.7 Å². The van der Waals surface area contributed by atoms with Crippen molar-refractivity contribution in [3.63, 3.8) is 0 Å². The van der Waals surface area contributed by atoms with Crippen molar-refractivity contribution in [3.05, 3.63) is 27.6 Å². The molecule has 0 bridgehead atoms. The van der Waals surface area contributed by atoms with E-state index in [1.807, 2.05) is 12.4 Å². The minimum atomic E-state index is 0.362. The Kier molecular flexibility index (Phi) is 3.09. The Morgan fingerprint density at radius 3 is 2.58 bits per heavy atom. The normalized spacial score (nSPS) is 11.7. The Hall–Kier alpha value is -0.120. The summed E-state index contributed by atoms with van der Waals surface area (Å²) in [4.78, 5) is 4.07. The lowest BCUT2D eigenvalue weighted by atomic mass is 9.89. The topological polar surface area (TPSA) is 12.9 Å². The molecular formula is C10H14IN. The molecule has 0 aliphatic rings. The molecule has 0 fully saturated rings. The van der Waals surface area contributed by atoms with Crippen molar-refractivity contribution in [2.45, 2.75) is 27.2 Å². The molecule has 0 atom stereocenters. The maximum absolute atomic E-state index is 4.07. The largest absolute Gasteiger partial charge is 0.264 e. The molecule has 0 saturated heterocycles. The number of aromatic nitrogens is 1. The van der Waals surface area contributed by atoms with Crippen LogP contribution in [-0.2, 0) is 6.42 Å². The van der Waals surface area contributed by atoms with E-state index in [9.17, 15) is 0 Å². The molecule has 1 rings (SSSR count). The van der Waals surface area contributed by atoms with E-state index < -0.39 is 0 Å². The lowest BCUT2D eigenvalue weighted by molar-refractivity contribution is 0.410. The minimum Gasteiger partial charge on any atom is -0.264 e. The molecule has 0 aliphatic carbocycles. The highest BCUT2D eigenvalue weighted by molar-refractivity contribution is 14.1. The molecule has 0 N–H and O–H groups in total. The van der Waals surface area contributed by atoms with E-state index in [1.165, 1.54) is 9.13 Å². The van der Waals surface area contributed by atoms with Crippen LogP contribution < -0.4 is 0 Å². The van der Waals surface area contributed by atoms with Crippen LogP contribution in [0.15, 0.2) is 18.5 Å². The van der Waals surface area contributed by atoms with Gasteiger partial charge >= 0.3 is 0 Å². The summed E-state index contributed by atoms with van der Waals surface area (Å²) < 4.78 is 1.27. The summed E-state index contributed by atoms with van der Waals surface area (Å²) in [6.45, 7) is 6.76. The van der Waals surface area contributed by atoms with Gasteiger partial charge in [-0.2, -0.15) is 0 Å². The van der Waals surface area contributed by atoms with Crippen LogP contribution in [-0.4, -0.2) is 4.98 Å². The van der Waals surface area contributed by atoms with Gasteiger partial charge < -0.3 is 0 Å². The predicted octanol–water partition coefficient (Wildman–Crippen LogP) is 3.27. The Morgan fingerprint density at radius 1 is 1.42 bits per heavy atom. The highest BCUT2D eigenvalue weighted by Crippen LogP contribution is 2.22. The van der Waals surface area contributed by atoms with Crippen LogP contribution in [0.4, 0.5) is 0 Å². The van der Waals surface area contributed by atoms with Crippen LogP contribution in [0.2, 0.25) is 0 Å². The molecular weight excluding hydrogens is 261 g/mol. The SMILES string of the molecule is CC(C)(C)Cc1ccncc1I. The van der Waals surface area contributed by atoms with Crippen molar-refractivity contribution < 1.29 is 0 Å². The predicted molar refractivity (Wildman–Crippen MR) is 60.1 cm³/mol. The monoisotopic (exact) mass is 275 g/mol. The maximum atomic E-state index is 4.07. The minimum absolute atomic E-state index is 0.362. The van der Waals surface area contributed by atoms with Crippen molar-refractivity contribution >= 4 is 22.6 Å². The van der Waals surface area contributed by atoms with Gasteiger partial charge in [0.25, 0.3) is 0 Å². The van der Waals surface area contributed by atoms with E-state index >= 15 is 0 Å². The van der Waals surface area contributed by atoms with Crippen LogP contribution in [0.5, 0.6) is 0 Å². The van der Waals surface area contributed by atoms with Crippen molar-refractivity contribution in [1.29, 1.82) is 0 Å². The van der Waals surface area contributed by atoms with E-state index in [0.29, 0.717) is 5.41 Å². The molecule has 0 amide bonds. The van der Waals surface area contributed by atoms with Gasteiger partial charge in [0.15, 0.2) is 0 Å². The fourth-order valence-corrected chi connectivity index (χ4v) is 1.65. The number of hydrogen-bond acceptors (Lipinski definition) is 1. The zero-order valence-electron chi connectivity index (χ0n) is 7.76. The Morgan fingerprint density at radius 2 is 2.08 bits per heavy atom. The Balaban J connectivity index is 2.83. The highest BCUT2D eigenvalue weighted by Gasteiger charge is 2.12. The number of pyridine rings is 1. The average molecular weight is 275 g/mol. The fraction of sp³-hybridized carbons (Fsp3) is 0.500. The van der Waals surface area contributed by atoms with E-state index in [0.717, 1.165) is 6.42 Å². The first-order valence-corrected chi connectivity index (χ1v) is 5.15. The standard InChI is InChI=1S/C10H14IN/c1-10(2,3)6-8-4-5-12-7-9(8)11/h4-5,7H,6H2,1-3H3. The second kappa shape index (κ2) is 3.73. The van der Waals surface area contributed by atoms with E-state index in [1.54, 1.807) is 0 Å². The highest BCUT2D eigenvalue weighted by atomic mass is 127. The third-order valence-electron chi connectivity index (χ3n) is 1.58. The Bertz CT molecular complexity index is 263. The molecule has 2 heteroatoms. The van der Waals surface area contributed by atoms with Gasteiger partial charge in [-0.1, -0.05) is 20.8 Å². The van der Waals surface area contributed by atoms with E-state index in [4.69, 9.17) is 0 Å². The van der Waals surface area contributed by atoms with Crippen LogP contribution in [0, 0.1) is 8.99 Å². The molecule has 1 nitrogen and oxygen atoms in total. The summed E-state index contributed by atoms with van der Waals surface area (Å²) in [5.74, 6) is 0. The van der Waals surface area contributed by atoms with E-state index in [-0.39, 0.29) is 0 Å². The maximum Gasteiger partial charge on any atom is 0.0404 e. The van der Waals surface area contributed by atoms with Gasteiger partial charge in [0.2, 0.25) is 0 Å². The molecule has 0 aromatic carbocycles. The summed E-state index contributed by atoms with van der Waals surface area (Å²) >= 11 is 2.34. The third-order valence-corrected chi connectivity index (χ3v) is 2.55. The summed E-state index contributed by atoms with van der Waals surface area (Å²) in [5.41, 5.74) is 1.76. The van der Waals surface area contributed by atoms with Crippen molar-refractivity contribution in [3.8, 4) is 0 Å². The lowest BCUT2D eigenvalue weighted by Crippen LogP contribution is -2.10. The van der Waals surface area contributed by atoms with Crippen molar-refractivity contribution in [2.75, 3.05) is 0 Å². The second-order valence-electron chi connectivity index (χ2n) is 4.20. The van der Waals surface area contributed by atoms with Crippen LogP contribution >= 0.6 is 22.6 Å².